The standard InChI is InChI=1S/C14H20N2O3/c1-10(2)15-14(19)16-12(8-9-13(17)18)11-6-4-3-5-7-11/h3-7,10,12H,8-9H2,1-2H3,(H,17,18)(H2,15,16,19). The third kappa shape index (κ3) is 5.90. The maximum Gasteiger partial charge on any atom is 0.315 e. The van der Waals surface area contributed by atoms with Gasteiger partial charge in [0.05, 0.1) is 6.04 Å². The number of nitrogens with one attached hydrogen (secondary N) is 2. The van der Waals surface area contributed by atoms with E-state index in [1.807, 2.05) is 44.2 Å². The largest absolute Gasteiger partial charge is 0.481 e. The molecule has 0 aromatic heterocycles. The van der Waals surface area contributed by atoms with Crippen LogP contribution < -0.4 is 10.6 Å². The first-order chi connectivity index (χ1) is 8.99. The van der Waals surface area contributed by atoms with Crippen LogP contribution in [0.2, 0.25) is 0 Å². The molecule has 1 atom stereocenters. The van der Waals surface area contributed by atoms with Crippen LogP contribution in [0.3, 0.4) is 0 Å². The van der Waals surface area contributed by atoms with Crippen molar-refractivity contribution in [2.24, 2.45) is 0 Å². The molecule has 0 saturated heterocycles. The van der Waals surface area contributed by atoms with Gasteiger partial charge in [0.2, 0.25) is 0 Å². The van der Waals surface area contributed by atoms with Crippen molar-refractivity contribution in [2.45, 2.75) is 38.8 Å². The van der Waals surface area contributed by atoms with Crippen LogP contribution in [0.4, 0.5) is 4.79 Å². The number of carboxylic acids is 1. The summed E-state index contributed by atoms with van der Waals surface area (Å²) in [4.78, 5) is 22.4. The third-order valence-electron chi connectivity index (χ3n) is 2.57. The highest BCUT2D eigenvalue weighted by Crippen LogP contribution is 2.18. The van der Waals surface area contributed by atoms with Gasteiger partial charge in [0, 0.05) is 12.5 Å². The van der Waals surface area contributed by atoms with Crippen molar-refractivity contribution in [1.29, 1.82) is 0 Å². The molecule has 1 rings (SSSR count). The van der Waals surface area contributed by atoms with Crippen molar-refractivity contribution in [3.05, 3.63) is 35.9 Å². The van der Waals surface area contributed by atoms with E-state index in [9.17, 15) is 9.59 Å². The molecule has 5 heteroatoms. The smallest absolute Gasteiger partial charge is 0.315 e. The summed E-state index contributed by atoms with van der Waals surface area (Å²) in [6, 6.07) is 8.83. The van der Waals surface area contributed by atoms with E-state index in [2.05, 4.69) is 10.6 Å². The van der Waals surface area contributed by atoms with Gasteiger partial charge in [0.25, 0.3) is 0 Å². The third-order valence-corrected chi connectivity index (χ3v) is 2.57. The molecule has 104 valence electrons. The summed E-state index contributed by atoms with van der Waals surface area (Å²) in [7, 11) is 0. The lowest BCUT2D eigenvalue weighted by atomic mass is 10.0. The van der Waals surface area contributed by atoms with Gasteiger partial charge in [-0.25, -0.2) is 4.79 Å². The lowest BCUT2D eigenvalue weighted by Gasteiger charge is -2.20. The molecule has 0 aliphatic heterocycles. The van der Waals surface area contributed by atoms with Crippen molar-refractivity contribution in [1.82, 2.24) is 10.6 Å². The zero-order chi connectivity index (χ0) is 14.3. The van der Waals surface area contributed by atoms with Gasteiger partial charge in [-0.1, -0.05) is 30.3 Å². The summed E-state index contributed by atoms with van der Waals surface area (Å²) < 4.78 is 0. The minimum Gasteiger partial charge on any atom is -0.481 e. The average Bonchev–Trinajstić information content (AvgIpc) is 2.34. The van der Waals surface area contributed by atoms with Crippen molar-refractivity contribution in [2.75, 3.05) is 0 Å². The fourth-order valence-electron chi connectivity index (χ4n) is 1.74. The molecular formula is C14H20N2O3. The Morgan fingerprint density at radius 3 is 2.32 bits per heavy atom. The van der Waals surface area contributed by atoms with Crippen molar-refractivity contribution in [3.8, 4) is 0 Å². The van der Waals surface area contributed by atoms with Crippen LogP contribution in [0.15, 0.2) is 30.3 Å². The molecule has 0 bridgehead atoms. The molecule has 5 nitrogen and oxygen atoms in total. The fraction of sp³-hybridized carbons (Fsp3) is 0.429. The van der Waals surface area contributed by atoms with Crippen LogP contribution in [0.25, 0.3) is 0 Å². The maximum atomic E-state index is 11.7. The second-order valence-corrected chi connectivity index (χ2v) is 4.67. The molecule has 0 spiro atoms. The highest BCUT2D eigenvalue weighted by Gasteiger charge is 2.16. The van der Waals surface area contributed by atoms with Gasteiger partial charge < -0.3 is 15.7 Å². The highest BCUT2D eigenvalue weighted by molar-refractivity contribution is 5.75. The summed E-state index contributed by atoms with van der Waals surface area (Å²) in [5.41, 5.74) is 0.905. The van der Waals surface area contributed by atoms with Crippen LogP contribution in [0.1, 0.15) is 38.3 Å². The van der Waals surface area contributed by atoms with Gasteiger partial charge in [0.15, 0.2) is 0 Å². The SMILES string of the molecule is CC(C)NC(=O)NC(CCC(=O)O)c1ccccc1. The number of rotatable bonds is 6. The zero-order valence-electron chi connectivity index (χ0n) is 11.2. The Bertz CT molecular complexity index is 418. The van der Waals surface area contributed by atoms with Gasteiger partial charge in [0.1, 0.15) is 0 Å². The number of carboxylic acid groups (broad SMARTS) is 1. The van der Waals surface area contributed by atoms with Crippen molar-refractivity contribution >= 4 is 12.0 Å². The first-order valence-corrected chi connectivity index (χ1v) is 6.33. The molecule has 0 radical (unpaired) electrons. The van der Waals surface area contributed by atoms with E-state index in [4.69, 9.17) is 5.11 Å². The number of carbonyl (C=O) groups excluding carboxylic acids is 1. The first-order valence-electron chi connectivity index (χ1n) is 6.33. The topological polar surface area (TPSA) is 78.4 Å². The molecular weight excluding hydrogens is 244 g/mol. The zero-order valence-corrected chi connectivity index (χ0v) is 11.2. The Morgan fingerprint density at radius 1 is 1.16 bits per heavy atom. The normalized spacial score (nSPS) is 11.9. The number of urea groups is 1. The average molecular weight is 264 g/mol. The van der Waals surface area contributed by atoms with Gasteiger partial charge in [-0.2, -0.15) is 0 Å². The van der Waals surface area contributed by atoms with Gasteiger partial charge in [-0.15, -0.1) is 0 Å². The minimum atomic E-state index is -0.869. The molecule has 0 fully saturated rings. The Balaban J connectivity index is 2.69. The van der Waals surface area contributed by atoms with E-state index in [0.717, 1.165) is 5.56 Å². The Hall–Kier alpha value is -2.04. The molecule has 1 unspecified atom stereocenters. The summed E-state index contributed by atoms with van der Waals surface area (Å²) >= 11 is 0. The molecule has 2 amide bonds. The predicted molar refractivity (Wildman–Crippen MR) is 72.9 cm³/mol. The van der Waals surface area contributed by atoms with Crippen LogP contribution in [-0.2, 0) is 4.79 Å². The van der Waals surface area contributed by atoms with Gasteiger partial charge >= 0.3 is 12.0 Å². The second-order valence-electron chi connectivity index (χ2n) is 4.67. The summed E-state index contributed by atoms with van der Waals surface area (Å²) in [5.74, 6) is -0.869. The number of amides is 2. The van der Waals surface area contributed by atoms with Crippen LogP contribution in [-0.4, -0.2) is 23.1 Å². The van der Waals surface area contributed by atoms with E-state index in [0.29, 0.717) is 6.42 Å². The van der Waals surface area contributed by atoms with E-state index in [1.54, 1.807) is 0 Å². The second kappa shape index (κ2) is 7.41. The van der Waals surface area contributed by atoms with Gasteiger partial charge in [-0.05, 0) is 25.8 Å². The fourth-order valence-corrected chi connectivity index (χ4v) is 1.74. The Kier molecular flexibility index (Phi) is 5.85. The highest BCUT2D eigenvalue weighted by atomic mass is 16.4. The first kappa shape index (κ1) is 15.0. The molecule has 0 aliphatic rings. The lowest BCUT2D eigenvalue weighted by molar-refractivity contribution is -0.137. The number of aliphatic carboxylic acids is 1. The number of hydrogen-bond donors (Lipinski definition) is 3. The van der Waals surface area contributed by atoms with Crippen molar-refractivity contribution in [3.63, 3.8) is 0 Å². The van der Waals surface area contributed by atoms with Crippen LogP contribution in [0.5, 0.6) is 0 Å². The molecule has 3 N–H and O–H groups in total. The molecule has 0 saturated carbocycles. The van der Waals surface area contributed by atoms with E-state index < -0.39 is 5.97 Å². The number of carbonyl (C=O) groups is 2. The molecule has 0 aliphatic carbocycles. The molecule has 1 aromatic rings. The molecule has 19 heavy (non-hydrogen) atoms. The molecule has 0 heterocycles. The predicted octanol–water partition coefficient (Wildman–Crippen LogP) is 2.30. The van der Waals surface area contributed by atoms with E-state index in [1.165, 1.54) is 0 Å². The number of hydrogen-bond acceptors (Lipinski definition) is 2. The minimum absolute atomic E-state index is 0.0154. The van der Waals surface area contributed by atoms with Crippen LogP contribution >= 0.6 is 0 Å². The number of benzene rings is 1. The summed E-state index contributed by atoms with van der Waals surface area (Å²) in [6.45, 7) is 3.74. The van der Waals surface area contributed by atoms with Gasteiger partial charge in [-0.3, -0.25) is 4.79 Å². The molecule has 1 aromatic carbocycles. The maximum absolute atomic E-state index is 11.7. The van der Waals surface area contributed by atoms with Crippen molar-refractivity contribution < 1.29 is 14.7 Å². The monoisotopic (exact) mass is 264 g/mol. The quantitative estimate of drug-likeness (QED) is 0.737. The lowest BCUT2D eigenvalue weighted by Crippen LogP contribution is -2.41. The van der Waals surface area contributed by atoms with E-state index >= 15 is 0 Å². The summed E-state index contributed by atoms with van der Waals surface area (Å²) in [6.07, 6.45) is 0.381. The van der Waals surface area contributed by atoms with E-state index in [-0.39, 0.29) is 24.5 Å². The Morgan fingerprint density at radius 2 is 1.79 bits per heavy atom. The summed E-state index contributed by atoms with van der Waals surface area (Å²) in [5, 5.41) is 14.3. The van der Waals surface area contributed by atoms with Crippen LogP contribution in [0, 0.1) is 0 Å². The Labute approximate surface area is 113 Å².